The van der Waals surface area contributed by atoms with Gasteiger partial charge in [-0.05, 0) is 6.92 Å². The minimum atomic E-state index is 0.417. The number of rotatable bonds is 4. The van der Waals surface area contributed by atoms with Crippen LogP contribution in [0.1, 0.15) is 25.2 Å². The van der Waals surface area contributed by atoms with Gasteiger partial charge in [0, 0.05) is 24.3 Å². The fourth-order valence-corrected chi connectivity index (χ4v) is 1.44. The summed E-state index contributed by atoms with van der Waals surface area (Å²) in [6.07, 6.45) is 4.96. The molecule has 0 radical (unpaired) electrons. The van der Waals surface area contributed by atoms with Gasteiger partial charge in [0.2, 0.25) is 0 Å². The monoisotopic (exact) mass is 232 g/mol. The van der Waals surface area contributed by atoms with E-state index in [1.807, 2.05) is 13.1 Å². The highest BCUT2D eigenvalue weighted by molar-refractivity contribution is 5.30. The highest BCUT2D eigenvalue weighted by Gasteiger charge is 2.08. The largest absolute Gasteiger partial charge is 0.310 e. The Labute approximate surface area is 100 Å². The van der Waals surface area contributed by atoms with Crippen LogP contribution in [0.2, 0.25) is 0 Å². The van der Waals surface area contributed by atoms with Gasteiger partial charge in [0.15, 0.2) is 5.82 Å². The number of hydrogen-bond donors (Lipinski definition) is 1. The Hall–Kier alpha value is -1.82. The van der Waals surface area contributed by atoms with Crippen molar-refractivity contribution < 1.29 is 0 Å². The molecule has 0 atom stereocenters. The van der Waals surface area contributed by atoms with Crippen LogP contribution < -0.4 is 5.32 Å². The van der Waals surface area contributed by atoms with Crippen molar-refractivity contribution in [3.05, 3.63) is 30.2 Å². The molecule has 1 N–H and O–H groups in total. The van der Waals surface area contributed by atoms with E-state index in [0.717, 1.165) is 17.2 Å². The van der Waals surface area contributed by atoms with Crippen LogP contribution in [0.25, 0.3) is 5.82 Å². The number of aryl methyl sites for hydroxylation is 1. The van der Waals surface area contributed by atoms with Crippen molar-refractivity contribution in [2.24, 2.45) is 0 Å². The lowest BCUT2D eigenvalue weighted by atomic mass is 10.2. The lowest BCUT2D eigenvalue weighted by Crippen LogP contribution is -2.23. The van der Waals surface area contributed by atoms with E-state index >= 15 is 0 Å². The third kappa shape index (κ3) is 2.85. The molecule has 2 aromatic rings. The smallest absolute Gasteiger partial charge is 0.163 e. The number of nitrogens with zero attached hydrogens (tertiary/aromatic N) is 5. The molecule has 2 aromatic heterocycles. The molecule has 0 amide bonds. The average Bonchev–Trinajstić information content (AvgIpc) is 2.80. The SMILES string of the molecule is Cc1ncc(CNC(C)C)c(-n2cncn2)n1. The van der Waals surface area contributed by atoms with E-state index in [2.05, 4.69) is 39.2 Å². The Morgan fingerprint density at radius 3 is 2.88 bits per heavy atom. The van der Waals surface area contributed by atoms with Gasteiger partial charge in [-0.3, -0.25) is 0 Å². The van der Waals surface area contributed by atoms with E-state index in [9.17, 15) is 0 Å². The fraction of sp³-hybridized carbons (Fsp3) is 0.455. The summed E-state index contributed by atoms with van der Waals surface area (Å²) in [4.78, 5) is 12.6. The summed E-state index contributed by atoms with van der Waals surface area (Å²) in [5, 5.41) is 7.44. The van der Waals surface area contributed by atoms with Gasteiger partial charge in [-0.15, -0.1) is 0 Å². The Morgan fingerprint density at radius 1 is 1.41 bits per heavy atom. The van der Waals surface area contributed by atoms with Crippen LogP contribution in [-0.2, 0) is 6.54 Å². The summed E-state index contributed by atoms with van der Waals surface area (Å²) in [6, 6.07) is 0.417. The maximum Gasteiger partial charge on any atom is 0.163 e. The van der Waals surface area contributed by atoms with Crippen molar-refractivity contribution in [1.29, 1.82) is 0 Å². The predicted octanol–water partition coefficient (Wildman–Crippen LogP) is 0.864. The van der Waals surface area contributed by atoms with Gasteiger partial charge in [-0.25, -0.2) is 19.6 Å². The second-order valence-electron chi connectivity index (χ2n) is 4.14. The Bertz CT molecular complexity index is 477. The first-order valence-electron chi connectivity index (χ1n) is 5.57. The molecule has 0 aliphatic rings. The van der Waals surface area contributed by atoms with E-state index in [1.165, 1.54) is 6.33 Å². The van der Waals surface area contributed by atoms with E-state index in [1.54, 1.807) is 11.0 Å². The van der Waals surface area contributed by atoms with Gasteiger partial charge >= 0.3 is 0 Å². The first-order chi connectivity index (χ1) is 8.16. The van der Waals surface area contributed by atoms with Gasteiger partial charge in [-0.1, -0.05) is 13.8 Å². The zero-order valence-corrected chi connectivity index (χ0v) is 10.3. The van der Waals surface area contributed by atoms with Crippen LogP contribution in [0.3, 0.4) is 0 Å². The van der Waals surface area contributed by atoms with Gasteiger partial charge in [0.1, 0.15) is 18.5 Å². The van der Waals surface area contributed by atoms with Crippen molar-refractivity contribution in [3.8, 4) is 5.82 Å². The first-order valence-corrected chi connectivity index (χ1v) is 5.57. The quantitative estimate of drug-likeness (QED) is 0.847. The van der Waals surface area contributed by atoms with Gasteiger partial charge in [-0.2, -0.15) is 5.10 Å². The summed E-state index contributed by atoms with van der Waals surface area (Å²) in [7, 11) is 0. The molecule has 0 aliphatic heterocycles. The highest BCUT2D eigenvalue weighted by atomic mass is 15.3. The molecule has 17 heavy (non-hydrogen) atoms. The molecule has 0 bridgehead atoms. The lowest BCUT2D eigenvalue weighted by Gasteiger charge is -2.11. The maximum absolute atomic E-state index is 4.40. The molecule has 0 saturated carbocycles. The Kier molecular flexibility index (Phi) is 3.43. The molecule has 0 spiro atoms. The molecular weight excluding hydrogens is 216 g/mol. The minimum absolute atomic E-state index is 0.417. The molecule has 2 rings (SSSR count). The number of hydrogen-bond acceptors (Lipinski definition) is 5. The van der Waals surface area contributed by atoms with Crippen LogP contribution in [0, 0.1) is 6.92 Å². The van der Waals surface area contributed by atoms with Crippen molar-refractivity contribution in [2.75, 3.05) is 0 Å². The molecule has 6 heteroatoms. The third-order valence-corrected chi connectivity index (χ3v) is 2.30. The Morgan fingerprint density at radius 2 is 2.24 bits per heavy atom. The van der Waals surface area contributed by atoms with Crippen molar-refractivity contribution in [2.45, 2.75) is 33.4 Å². The van der Waals surface area contributed by atoms with Crippen molar-refractivity contribution in [1.82, 2.24) is 30.0 Å². The van der Waals surface area contributed by atoms with E-state index < -0.39 is 0 Å². The summed E-state index contributed by atoms with van der Waals surface area (Å²) in [5.74, 6) is 1.51. The summed E-state index contributed by atoms with van der Waals surface area (Å²) >= 11 is 0. The van der Waals surface area contributed by atoms with E-state index in [-0.39, 0.29) is 0 Å². The zero-order chi connectivity index (χ0) is 12.3. The van der Waals surface area contributed by atoms with Crippen LogP contribution in [0.5, 0.6) is 0 Å². The van der Waals surface area contributed by atoms with Crippen LogP contribution in [-0.4, -0.2) is 30.8 Å². The number of nitrogens with one attached hydrogen (secondary N) is 1. The maximum atomic E-state index is 4.40. The average molecular weight is 232 g/mol. The Balaban J connectivity index is 2.31. The second-order valence-corrected chi connectivity index (χ2v) is 4.14. The van der Waals surface area contributed by atoms with Crippen molar-refractivity contribution >= 4 is 0 Å². The molecular formula is C11H16N6. The third-order valence-electron chi connectivity index (χ3n) is 2.30. The van der Waals surface area contributed by atoms with Gasteiger partial charge in [0.05, 0.1) is 0 Å². The normalized spacial score (nSPS) is 11.1. The van der Waals surface area contributed by atoms with E-state index in [0.29, 0.717) is 12.6 Å². The molecule has 0 aliphatic carbocycles. The first kappa shape index (κ1) is 11.7. The molecule has 90 valence electrons. The van der Waals surface area contributed by atoms with E-state index in [4.69, 9.17) is 0 Å². The van der Waals surface area contributed by atoms with Crippen LogP contribution >= 0.6 is 0 Å². The molecule has 2 heterocycles. The zero-order valence-electron chi connectivity index (χ0n) is 10.3. The van der Waals surface area contributed by atoms with Crippen molar-refractivity contribution in [3.63, 3.8) is 0 Å². The fourth-order valence-electron chi connectivity index (χ4n) is 1.44. The standard InChI is InChI=1S/C11H16N6/c1-8(2)13-4-10-5-14-9(3)16-11(10)17-7-12-6-15-17/h5-8,13H,4H2,1-3H3. The van der Waals surface area contributed by atoms with Crippen LogP contribution in [0.15, 0.2) is 18.9 Å². The minimum Gasteiger partial charge on any atom is -0.310 e. The van der Waals surface area contributed by atoms with Crippen LogP contribution in [0.4, 0.5) is 0 Å². The predicted molar refractivity (Wildman–Crippen MR) is 63.7 cm³/mol. The summed E-state index contributed by atoms with van der Waals surface area (Å²) < 4.78 is 1.66. The highest BCUT2D eigenvalue weighted by Crippen LogP contribution is 2.09. The topological polar surface area (TPSA) is 68.5 Å². The molecule has 0 fully saturated rings. The lowest BCUT2D eigenvalue weighted by molar-refractivity contribution is 0.583. The molecule has 0 unspecified atom stereocenters. The summed E-state index contributed by atoms with van der Waals surface area (Å²) in [6.45, 7) is 6.78. The molecule has 0 saturated heterocycles. The molecule has 0 aromatic carbocycles. The van der Waals surface area contributed by atoms with Gasteiger partial charge < -0.3 is 5.32 Å². The summed E-state index contributed by atoms with van der Waals surface area (Å²) in [5.41, 5.74) is 1.01. The molecule has 6 nitrogen and oxygen atoms in total. The number of aromatic nitrogens is 5. The van der Waals surface area contributed by atoms with Gasteiger partial charge in [0.25, 0.3) is 0 Å². The second kappa shape index (κ2) is 5.01.